The zero-order chi connectivity index (χ0) is 34.1. The van der Waals surface area contributed by atoms with E-state index in [1.807, 2.05) is 12.1 Å². The molecule has 0 fully saturated rings. The number of nitrogens with zero attached hydrogens (tertiary/aromatic N) is 1. The molecule has 10 rings (SSSR count). The van der Waals surface area contributed by atoms with Gasteiger partial charge in [0.15, 0.2) is 0 Å². The lowest BCUT2D eigenvalue weighted by molar-refractivity contribution is 0.660. The van der Waals surface area contributed by atoms with E-state index < -0.39 is 0 Å². The maximum Gasteiger partial charge on any atom is 0.143 e. The van der Waals surface area contributed by atoms with Crippen molar-refractivity contribution in [1.82, 2.24) is 0 Å². The van der Waals surface area contributed by atoms with E-state index in [0.717, 1.165) is 50.1 Å². The number of para-hydroxylation sites is 3. The van der Waals surface area contributed by atoms with E-state index in [0.29, 0.717) is 0 Å². The van der Waals surface area contributed by atoms with Crippen LogP contribution in [0.5, 0.6) is 0 Å². The summed E-state index contributed by atoms with van der Waals surface area (Å²) in [5.41, 5.74) is 15.2. The molecule has 51 heavy (non-hydrogen) atoms. The zero-order valence-electron chi connectivity index (χ0n) is 28.6. The van der Waals surface area contributed by atoms with Gasteiger partial charge in [-0.1, -0.05) is 153 Å². The van der Waals surface area contributed by atoms with Gasteiger partial charge in [0.1, 0.15) is 11.2 Å². The van der Waals surface area contributed by atoms with Gasteiger partial charge in [0.25, 0.3) is 0 Å². The monoisotopic (exact) mass is 653 g/mol. The van der Waals surface area contributed by atoms with Crippen molar-refractivity contribution in [3.63, 3.8) is 0 Å². The van der Waals surface area contributed by atoms with E-state index in [9.17, 15) is 0 Å². The van der Waals surface area contributed by atoms with E-state index >= 15 is 0 Å². The molecule has 242 valence electrons. The first-order valence-corrected chi connectivity index (χ1v) is 17.7. The molecule has 1 aliphatic rings. The van der Waals surface area contributed by atoms with Gasteiger partial charge in [0.2, 0.25) is 0 Å². The number of anilines is 3. The Bertz CT molecular complexity index is 2780. The highest BCUT2D eigenvalue weighted by atomic mass is 16.3. The maximum absolute atomic E-state index is 6.43. The van der Waals surface area contributed by atoms with Gasteiger partial charge in [-0.3, -0.25) is 0 Å². The minimum absolute atomic E-state index is 0.0760. The molecule has 1 heterocycles. The fourth-order valence-electron chi connectivity index (χ4n) is 8.38. The first-order valence-electron chi connectivity index (χ1n) is 17.7. The SMILES string of the molecule is CC1(C)c2ccccc2-c2c(-c3ccccc3N(c3ccc(-c4cccc5c4oc4ccccc45)cc3)c3ccc4ccccc4c3)cccc21. The first-order chi connectivity index (χ1) is 25.1. The molecule has 2 nitrogen and oxygen atoms in total. The van der Waals surface area contributed by atoms with Crippen LogP contribution in [0, 0.1) is 0 Å². The van der Waals surface area contributed by atoms with Gasteiger partial charge in [-0.25, -0.2) is 0 Å². The van der Waals surface area contributed by atoms with Crippen LogP contribution in [0.25, 0.3) is 66.1 Å². The minimum Gasteiger partial charge on any atom is -0.455 e. The highest BCUT2D eigenvalue weighted by Crippen LogP contribution is 2.53. The molecule has 0 saturated heterocycles. The number of rotatable bonds is 5. The van der Waals surface area contributed by atoms with E-state index in [1.165, 1.54) is 44.2 Å². The van der Waals surface area contributed by atoms with Crippen molar-refractivity contribution in [3.05, 3.63) is 187 Å². The fraction of sp³-hybridized carbons (Fsp3) is 0.0612. The van der Waals surface area contributed by atoms with Gasteiger partial charge in [-0.2, -0.15) is 0 Å². The summed E-state index contributed by atoms with van der Waals surface area (Å²) >= 11 is 0. The predicted molar refractivity (Wildman–Crippen MR) is 214 cm³/mol. The molecule has 0 unspecified atom stereocenters. The standard InChI is InChI=1S/C49H35NO/c1-49(2)43-21-8-5-17-42(43)47-40(19-12-22-44(47)49)38-15-6-9-23-45(38)50(36-30-25-32-13-3-4-14-34(32)31-36)35-28-26-33(27-29-35)37-18-11-20-41-39-16-7-10-24-46(39)51-48(37)41/h3-31H,1-2H3. The average Bonchev–Trinajstić information content (AvgIpc) is 3.68. The van der Waals surface area contributed by atoms with Gasteiger partial charge in [0.05, 0.1) is 5.69 Å². The molecule has 1 aliphatic carbocycles. The molecule has 0 N–H and O–H groups in total. The van der Waals surface area contributed by atoms with Crippen LogP contribution in [-0.2, 0) is 5.41 Å². The van der Waals surface area contributed by atoms with Crippen molar-refractivity contribution in [2.75, 3.05) is 4.90 Å². The lowest BCUT2D eigenvalue weighted by Crippen LogP contribution is -2.14. The van der Waals surface area contributed by atoms with Crippen LogP contribution in [-0.4, -0.2) is 0 Å². The van der Waals surface area contributed by atoms with Crippen LogP contribution < -0.4 is 4.90 Å². The van der Waals surface area contributed by atoms with E-state index in [-0.39, 0.29) is 5.41 Å². The van der Waals surface area contributed by atoms with Crippen molar-refractivity contribution in [3.8, 4) is 33.4 Å². The Labute approximate surface area is 297 Å². The van der Waals surface area contributed by atoms with E-state index in [1.54, 1.807) is 0 Å². The van der Waals surface area contributed by atoms with Crippen LogP contribution >= 0.6 is 0 Å². The maximum atomic E-state index is 6.43. The first kappa shape index (κ1) is 29.5. The van der Waals surface area contributed by atoms with E-state index in [4.69, 9.17) is 4.42 Å². The third-order valence-electron chi connectivity index (χ3n) is 10.9. The van der Waals surface area contributed by atoms with Crippen LogP contribution in [0.15, 0.2) is 180 Å². The Morgan fingerprint density at radius 3 is 1.96 bits per heavy atom. The van der Waals surface area contributed by atoms with Crippen LogP contribution in [0.2, 0.25) is 0 Å². The minimum atomic E-state index is -0.0760. The lowest BCUT2D eigenvalue weighted by atomic mass is 9.82. The van der Waals surface area contributed by atoms with E-state index in [2.05, 4.69) is 183 Å². The normalized spacial score (nSPS) is 13.1. The highest BCUT2D eigenvalue weighted by molar-refractivity contribution is 6.09. The Kier molecular flexibility index (Phi) is 6.56. The van der Waals surface area contributed by atoms with Crippen molar-refractivity contribution >= 4 is 49.8 Å². The van der Waals surface area contributed by atoms with Gasteiger partial charge < -0.3 is 9.32 Å². The molecule has 8 aromatic carbocycles. The fourth-order valence-corrected chi connectivity index (χ4v) is 8.38. The second-order valence-corrected chi connectivity index (χ2v) is 14.1. The molecule has 0 atom stereocenters. The smallest absolute Gasteiger partial charge is 0.143 e. The molecule has 9 aromatic rings. The second-order valence-electron chi connectivity index (χ2n) is 14.1. The second kappa shape index (κ2) is 11.3. The number of hydrogen-bond donors (Lipinski definition) is 0. The molecular weight excluding hydrogens is 619 g/mol. The summed E-state index contributed by atoms with van der Waals surface area (Å²) in [5.74, 6) is 0. The molecular formula is C49H35NO. The number of hydrogen-bond acceptors (Lipinski definition) is 2. The highest BCUT2D eigenvalue weighted by Gasteiger charge is 2.37. The summed E-state index contributed by atoms with van der Waals surface area (Å²) in [6.07, 6.45) is 0. The van der Waals surface area contributed by atoms with Crippen LogP contribution in [0.3, 0.4) is 0 Å². The van der Waals surface area contributed by atoms with Crippen molar-refractivity contribution < 1.29 is 4.42 Å². The summed E-state index contributed by atoms with van der Waals surface area (Å²) in [7, 11) is 0. The van der Waals surface area contributed by atoms with Gasteiger partial charge >= 0.3 is 0 Å². The number of fused-ring (bicyclic) bond motifs is 7. The molecule has 0 amide bonds. The third-order valence-corrected chi connectivity index (χ3v) is 10.9. The summed E-state index contributed by atoms with van der Waals surface area (Å²) < 4.78 is 6.43. The summed E-state index contributed by atoms with van der Waals surface area (Å²) in [6.45, 7) is 4.70. The molecule has 0 bridgehead atoms. The largest absolute Gasteiger partial charge is 0.455 e. The van der Waals surface area contributed by atoms with Gasteiger partial charge in [-0.05, 0) is 80.6 Å². The molecule has 0 aliphatic heterocycles. The zero-order valence-corrected chi connectivity index (χ0v) is 28.6. The average molecular weight is 654 g/mol. The third kappa shape index (κ3) is 4.57. The number of benzene rings is 8. The molecule has 0 saturated carbocycles. The number of furan rings is 1. The molecule has 0 spiro atoms. The summed E-state index contributed by atoms with van der Waals surface area (Å²) in [6, 6.07) is 63.7. The summed E-state index contributed by atoms with van der Waals surface area (Å²) in [5, 5.41) is 4.72. The van der Waals surface area contributed by atoms with Crippen molar-refractivity contribution in [1.29, 1.82) is 0 Å². The molecule has 1 aromatic heterocycles. The van der Waals surface area contributed by atoms with Crippen LogP contribution in [0.1, 0.15) is 25.0 Å². The Hall–Kier alpha value is -6.38. The summed E-state index contributed by atoms with van der Waals surface area (Å²) in [4.78, 5) is 2.42. The van der Waals surface area contributed by atoms with Crippen molar-refractivity contribution in [2.24, 2.45) is 0 Å². The Morgan fingerprint density at radius 2 is 1.08 bits per heavy atom. The topological polar surface area (TPSA) is 16.4 Å². The Morgan fingerprint density at radius 1 is 0.451 bits per heavy atom. The molecule has 2 heteroatoms. The lowest BCUT2D eigenvalue weighted by Gasteiger charge is -2.29. The Balaban J connectivity index is 1.16. The van der Waals surface area contributed by atoms with Crippen LogP contribution in [0.4, 0.5) is 17.1 Å². The molecule has 0 radical (unpaired) electrons. The predicted octanol–water partition coefficient (Wildman–Crippen LogP) is 13.8. The quantitative estimate of drug-likeness (QED) is 0.184. The van der Waals surface area contributed by atoms with Crippen molar-refractivity contribution in [2.45, 2.75) is 19.3 Å². The van der Waals surface area contributed by atoms with Gasteiger partial charge in [0, 0.05) is 38.7 Å². The van der Waals surface area contributed by atoms with Gasteiger partial charge in [-0.15, -0.1) is 0 Å².